The van der Waals surface area contributed by atoms with E-state index in [4.69, 9.17) is 0 Å². The highest BCUT2D eigenvalue weighted by molar-refractivity contribution is 5.14. The van der Waals surface area contributed by atoms with E-state index in [-0.39, 0.29) is 11.7 Å². The first kappa shape index (κ1) is 9.59. The van der Waals surface area contributed by atoms with Crippen LogP contribution in [0.1, 0.15) is 33.6 Å². The summed E-state index contributed by atoms with van der Waals surface area (Å²) in [7, 11) is 0. The second-order valence-corrected chi connectivity index (χ2v) is 4.15. The van der Waals surface area contributed by atoms with Crippen molar-refractivity contribution in [2.75, 3.05) is 0 Å². The van der Waals surface area contributed by atoms with E-state index >= 15 is 0 Å². The molecule has 0 saturated heterocycles. The molecule has 0 aromatic carbocycles. The first-order chi connectivity index (χ1) is 5.47. The highest BCUT2D eigenvalue weighted by Crippen LogP contribution is 2.35. The molecule has 1 rings (SSSR count). The van der Waals surface area contributed by atoms with Gasteiger partial charge in [0.25, 0.3) is 0 Å². The molecule has 0 amide bonds. The largest absolute Gasteiger partial charge is 0.510 e. The lowest BCUT2D eigenvalue weighted by atomic mass is 9.77. The molecule has 2 N–H and O–H groups in total. The average Bonchev–Trinajstić information content (AvgIpc) is 1.97. The maximum Gasteiger partial charge on any atom is 0.123 e. The molecule has 2 nitrogen and oxygen atoms in total. The summed E-state index contributed by atoms with van der Waals surface area (Å²) in [5.41, 5.74) is -0.966. The minimum atomic E-state index is -0.966. The van der Waals surface area contributed by atoms with E-state index in [1.165, 1.54) is 0 Å². The van der Waals surface area contributed by atoms with Crippen LogP contribution in [0.3, 0.4) is 0 Å². The quantitative estimate of drug-likeness (QED) is 0.633. The van der Waals surface area contributed by atoms with Crippen LogP contribution in [0.4, 0.5) is 0 Å². The number of aliphatic hydroxyl groups is 2. The molecule has 1 aliphatic carbocycles. The van der Waals surface area contributed by atoms with E-state index in [1.807, 2.05) is 13.8 Å². The van der Waals surface area contributed by atoms with Crippen molar-refractivity contribution in [2.45, 2.75) is 39.2 Å². The van der Waals surface area contributed by atoms with Crippen molar-refractivity contribution in [1.29, 1.82) is 0 Å². The summed E-state index contributed by atoms with van der Waals surface area (Å²) in [6, 6.07) is 0. The van der Waals surface area contributed by atoms with Gasteiger partial charge in [0.05, 0.1) is 0 Å². The maximum absolute atomic E-state index is 10.0. The molecular formula is C10H18O2. The van der Waals surface area contributed by atoms with Crippen LogP contribution >= 0.6 is 0 Å². The number of aliphatic hydroxyl groups excluding tert-OH is 1. The third kappa shape index (κ3) is 1.48. The highest BCUT2D eigenvalue weighted by atomic mass is 16.3. The van der Waals surface area contributed by atoms with Crippen molar-refractivity contribution >= 4 is 0 Å². The van der Waals surface area contributed by atoms with Crippen LogP contribution in [-0.2, 0) is 0 Å². The summed E-state index contributed by atoms with van der Waals surface area (Å²) in [6.45, 7) is 5.91. The van der Waals surface area contributed by atoms with Gasteiger partial charge in [0.2, 0.25) is 0 Å². The highest BCUT2D eigenvalue weighted by Gasteiger charge is 2.38. The van der Waals surface area contributed by atoms with Gasteiger partial charge in [-0.2, -0.15) is 0 Å². The first-order valence-electron chi connectivity index (χ1n) is 4.60. The first-order valence-corrected chi connectivity index (χ1v) is 4.60. The summed E-state index contributed by atoms with van der Waals surface area (Å²) in [5, 5.41) is 19.6. The van der Waals surface area contributed by atoms with Gasteiger partial charge in [0.1, 0.15) is 11.4 Å². The summed E-state index contributed by atoms with van der Waals surface area (Å²) in [4.78, 5) is 0. The van der Waals surface area contributed by atoms with Crippen LogP contribution in [0.15, 0.2) is 11.8 Å². The summed E-state index contributed by atoms with van der Waals surface area (Å²) < 4.78 is 0. The number of hydrogen-bond acceptors (Lipinski definition) is 2. The lowest BCUT2D eigenvalue weighted by Gasteiger charge is -2.35. The lowest BCUT2D eigenvalue weighted by molar-refractivity contribution is -0.0242. The fourth-order valence-corrected chi connectivity index (χ4v) is 1.66. The smallest absolute Gasteiger partial charge is 0.123 e. The summed E-state index contributed by atoms with van der Waals surface area (Å²) >= 11 is 0. The monoisotopic (exact) mass is 170 g/mol. The molecule has 70 valence electrons. The van der Waals surface area contributed by atoms with Gasteiger partial charge in [-0.1, -0.05) is 20.8 Å². The Hall–Kier alpha value is -0.500. The predicted octanol–water partition coefficient (Wildman–Crippen LogP) is 2.25. The van der Waals surface area contributed by atoms with E-state index in [1.54, 1.807) is 6.08 Å². The van der Waals surface area contributed by atoms with E-state index in [2.05, 4.69) is 6.92 Å². The Morgan fingerprint density at radius 3 is 2.58 bits per heavy atom. The van der Waals surface area contributed by atoms with Crippen molar-refractivity contribution < 1.29 is 10.2 Å². The van der Waals surface area contributed by atoms with Crippen molar-refractivity contribution in [3.05, 3.63) is 11.8 Å². The van der Waals surface area contributed by atoms with Crippen molar-refractivity contribution in [1.82, 2.24) is 0 Å². The number of allylic oxidation sites excluding steroid dienone is 1. The second kappa shape index (κ2) is 3.09. The third-order valence-electron chi connectivity index (χ3n) is 2.82. The molecule has 0 aliphatic heterocycles. The van der Waals surface area contributed by atoms with E-state index in [0.717, 1.165) is 6.42 Å². The normalized spacial score (nSPS) is 36.8. The van der Waals surface area contributed by atoms with Gasteiger partial charge < -0.3 is 10.2 Å². The molecule has 0 fully saturated rings. The zero-order valence-corrected chi connectivity index (χ0v) is 8.04. The molecule has 0 radical (unpaired) electrons. The van der Waals surface area contributed by atoms with Crippen LogP contribution < -0.4 is 0 Å². The topological polar surface area (TPSA) is 40.5 Å². The van der Waals surface area contributed by atoms with E-state index in [9.17, 15) is 10.2 Å². The SMILES string of the molecule is CC1C=C(O)C(O)(C(C)C)CC1. The molecule has 0 spiro atoms. The Morgan fingerprint density at radius 1 is 1.58 bits per heavy atom. The fourth-order valence-electron chi connectivity index (χ4n) is 1.66. The van der Waals surface area contributed by atoms with E-state index < -0.39 is 5.60 Å². The van der Waals surface area contributed by atoms with E-state index in [0.29, 0.717) is 12.3 Å². The summed E-state index contributed by atoms with van der Waals surface area (Å²) in [5.74, 6) is 0.640. The molecule has 0 aromatic heterocycles. The lowest BCUT2D eigenvalue weighted by Crippen LogP contribution is -2.40. The average molecular weight is 170 g/mol. The predicted molar refractivity (Wildman–Crippen MR) is 48.9 cm³/mol. The van der Waals surface area contributed by atoms with Crippen LogP contribution in [0.25, 0.3) is 0 Å². The molecule has 2 unspecified atom stereocenters. The van der Waals surface area contributed by atoms with Gasteiger partial charge in [0.15, 0.2) is 0 Å². The molecule has 0 heterocycles. The van der Waals surface area contributed by atoms with Gasteiger partial charge in [-0.3, -0.25) is 0 Å². The fraction of sp³-hybridized carbons (Fsp3) is 0.800. The van der Waals surface area contributed by atoms with Gasteiger partial charge in [-0.15, -0.1) is 0 Å². The molecule has 0 bridgehead atoms. The Kier molecular flexibility index (Phi) is 2.47. The Morgan fingerprint density at radius 2 is 2.17 bits per heavy atom. The number of rotatable bonds is 1. The van der Waals surface area contributed by atoms with Crippen LogP contribution in [-0.4, -0.2) is 15.8 Å². The summed E-state index contributed by atoms with van der Waals surface area (Å²) in [6.07, 6.45) is 3.40. The third-order valence-corrected chi connectivity index (χ3v) is 2.82. The Balaban J connectivity index is 2.87. The van der Waals surface area contributed by atoms with Crippen molar-refractivity contribution in [2.24, 2.45) is 11.8 Å². The minimum absolute atomic E-state index is 0.0845. The Labute approximate surface area is 73.9 Å². The molecule has 1 aliphatic rings. The van der Waals surface area contributed by atoms with Crippen LogP contribution in [0, 0.1) is 11.8 Å². The maximum atomic E-state index is 10.0. The van der Waals surface area contributed by atoms with Gasteiger partial charge >= 0.3 is 0 Å². The molecule has 2 heteroatoms. The second-order valence-electron chi connectivity index (χ2n) is 4.15. The van der Waals surface area contributed by atoms with Gasteiger partial charge in [0, 0.05) is 0 Å². The standard InChI is InChI=1S/C10H18O2/c1-7(2)10(12)5-4-8(3)6-9(10)11/h6-8,11-12H,4-5H2,1-3H3. The van der Waals surface area contributed by atoms with Gasteiger partial charge in [-0.25, -0.2) is 0 Å². The molecule has 12 heavy (non-hydrogen) atoms. The van der Waals surface area contributed by atoms with Gasteiger partial charge in [-0.05, 0) is 30.8 Å². The van der Waals surface area contributed by atoms with Crippen LogP contribution in [0.5, 0.6) is 0 Å². The minimum Gasteiger partial charge on any atom is -0.510 e. The molecule has 2 atom stereocenters. The molecule has 0 aromatic rings. The molecule has 0 saturated carbocycles. The zero-order valence-electron chi connectivity index (χ0n) is 8.04. The van der Waals surface area contributed by atoms with Crippen molar-refractivity contribution in [3.8, 4) is 0 Å². The molecular weight excluding hydrogens is 152 g/mol. The van der Waals surface area contributed by atoms with Crippen molar-refractivity contribution in [3.63, 3.8) is 0 Å². The zero-order chi connectivity index (χ0) is 9.35. The number of hydrogen-bond donors (Lipinski definition) is 2. The van der Waals surface area contributed by atoms with Crippen LogP contribution in [0.2, 0.25) is 0 Å². The Bertz CT molecular complexity index is 196.